The first-order valence-corrected chi connectivity index (χ1v) is 7.26. The molecule has 0 unspecified atom stereocenters. The number of para-hydroxylation sites is 1. The topological polar surface area (TPSA) is 37.7 Å². The zero-order chi connectivity index (χ0) is 13.3. The number of anilines is 1. The maximum atomic E-state index is 5.34. The van der Waals surface area contributed by atoms with Gasteiger partial charge in [-0.1, -0.05) is 18.2 Å². The van der Waals surface area contributed by atoms with Gasteiger partial charge in [-0.3, -0.25) is 0 Å². The smallest absolute Gasteiger partial charge is 0.170 e. The number of hydrogen-bond donors (Lipinski definition) is 3. The Bertz CT molecular complexity index is 380. The molecule has 0 aliphatic carbocycles. The Morgan fingerprint density at radius 2 is 1.95 bits per heavy atom. The highest BCUT2D eigenvalue weighted by Gasteiger charge is 2.12. The minimum absolute atomic E-state index is 0.697. The summed E-state index contributed by atoms with van der Waals surface area (Å²) in [4.78, 5) is 1.63. The van der Waals surface area contributed by atoms with Crippen LogP contribution in [0.15, 0.2) is 30.3 Å². The molecule has 4 nitrogen and oxygen atoms in total. The van der Waals surface area contributed by atoms with Crippen LogP contribution in [0.1, 0.15) is 6.42 Å². The first kappa shape index (κ1) is 14.2. The van der Waals surface area contributed by atoms with Crippen LogP contribution in [0, 0.1) is 0 Å². The van der Waals surface area contributed by atoms with Gasteiger partial charge in [0.05, 0.1) is 19.8 Å². The van der Waals surface area contributed by atoms with Crippen molar-refractivity contribution >= 4 is 23.0 Å². The molecule has 1 aliphatic heterocycles. The lowest BCUT2D eigenvalue weighted by atomic mass is 10.3. The molecule has 1 heterocycles. The van der Waals surface area contributed by atoms with Crippen molar-refractivity contribution < 1.29 is 9.64 Å². The van der Waals surface area contributed by atoms with Crippen molar-refractivity contribution in [2.24, 2.45) is 0 Å². The predicted molar refractivity (Wildman–Crippen MR) is 81.7 cm³/mol. The van der Waals surface area contributed by atoms with E-state index in [0.717, 1.165) is 45.0 Å². The Balaban J connectivity index is 1.56. The lowest BCUT2D eigenvalue weighted by Gasteiger charge is -2.23. The van der Waals surface area contributed by atoms with E-state index in [9.17, 15) is 0 Å². The molecule has 1 aromatic carbocycles. The number of nitrogens with one attached hydrogen (secondary N) is 3. The van der Waals surface area contributed by atoms with Crippen molar-refractivity contribution in [3.05, 3.63) is 30.3 Å². The van der Waals surface area contributed by atoms with E-state index in [0.29, 0.717) is 5.11 Å². The van der Waals surface area contributed by atoms with Crippen LogP contribution in [0.25, 0.3) is 0 Å². The Morgan fingerprint density at radius 3 is 2.68 bits per heavy atom. The quantitative estimate of drug-likeness (QED) is 0.535. The third kappa shape index (κ3) is 5.55. The molecule has 0 amide bonds. The average Bonchev–Trinajstić information content (AvgIpc) is 2.46. The molecule has 3 N–H and O–H groups in total. The monoisotopic (exact) mass is 280 g/mol. The summed E-state index contributed by atoms with van der Waals surface area (Å²) in [7, 11) is 0. The molecule has 1 aromatic rings. The number of hydrogen-bond acceptors (Lipinski definition) is 2. The fourth-order valence-corrected chi connectivity index (χ4v) is 2.37. The molecular formula is C14H22N3OS+. The summed E-state index contributed by atoms with van der Waals surface area (Å²) in [6, 6.07) is 9.99. The van der Waals surface area contributed by atoms with E-state index in [1.54, 1.807) is 4.90 Å². The van der Waals surface area contributed by atoms with Crippen LogP contribution >= 0.6 is 12.2 Å². The number of thiocarbonyl (C=S) groups is 1. The van der Waals surface area contributed by atoms with Crippen molar-refractivity contribution in [1.29, 1.82) is 0 Å². The van der Waals surface area contributed by atoms with Crippen molar-refractivity contribution in [3.63, 3.8) is 0 Å². The Kier molecular flexibility index (Phi) is 6.07. The summed E-state index contributed by atoms with van der Waals surface area (Å²) >= 11 is 5.26. The minimum Gasteiger partial charge on any atom is -0.370 e. The maximum absolute atomic E-state index is 5.34. The van der Waals surface area contributed by atoms with Gasteiger partial charge in [0.15, 0.2) is 5.11 Å². The highest BCUT2D eigenvalue weighted by molar-refractivity contribution is 7.80. The second-order valence-electron chi connectivity index (χ2n) is 4.71. The van der Waals surface area contributed by atoms with Gasteiger partial charge < -0.3 is 20.3 Å². The van der Waals surface area contributed by atoms with Gasteiger partial charge in [-0.25, -0.2) is 0 Å². The van der Waals surface area contributed by atoms with Crippen molar-refractivity contribution in [3.8, 4) is 0 Å². The van der Waals surface area contributed by atoms with Crippen molar-refractivity contribution in [2.75, 3.05) is 44.7 Å². The van der Waals surface area contributed by atoms with Gasteiger partial charge >= 0.3 is 0 Å². The molecular weight excluding hydrogens is 258 g/mol. The zero-order valence-corrected chi connectivity index (χ0v) is 12.0. The lowest BCUT2D eigenvalue weighted by Crippen LogP contribution is -3.14. The molecule has 1 aliphatic rings. The summed E-state index contributed by atoms with van der Waals surface area (Å²) in [6.45, 7) is 6.17. The van der Waals surface area contributed by atoms with E-state index < -0.39 is 0 Å². The number of benzene rings is 1. The zero-order valence-electron chi connectivity index (χ0n) is 11.2. The molecule has 0 spiro atoms. The van der Waals surface area contributed by atoms with E-state index >= 15 is 0 Å². The van der Waals surface area contributed by atoms with Crippen molar-refractivity contribution in [2.45, 2.75) is 6.42 Å². The number of morpholine rings is 1. The molecule has 0 bridgehead atoms. The number of ether oxygens (including phenoxy) is 1. The van der Waals surface area contributed by atoms with Gasteiger partial charge in [0.2, 0.25) is 0 Å². The summed E-state index contributed by atoms with van der Waals surface area (Å²) < 4.78 is 5.34. The summed E-state index contributed by atoms with van der Waals surface area (Å²) in [5.74, 6) is 0. The molecule has 0 atom stereocenters. The SMILES string of the molecule is S=C(NCCC[NH+]1CCOCC1)Nc1ccccc1. The van der Waals surface area contributed by atoms with E-state index in [-0.39, 0.29) is 0 Å². The number of quaternary nitrogens is 1. The molecule has 0 radical (unpaired) electrons. The van der Waals surface area contributed by atoms with Gasteiger partial charge in [-0.2, -0.15) is 0 Å². The highest BCUT2D eigenvalue weighted by Crippen LogP contribution is 2.03. The van der Waals surface area contributed by atoms with Crippen LogP contribution < -0.4 is 15.5 Å². The van der Waals surface area contributed by atoms with Crippen LogP contribution in [-0.2, 0) is 4.74 Å². The maximum Gasteiger partial charge on any atom is 0.170 e. The third-order valence-corrected chi connectivity index (χ3v) is 3.47. The molecule has 2 rings (SSSR count). The second kappa shape index (κ2) is 8.09. The van der Waals surface area contributed by atoms with Gasteiger partial charge in [-0.05, 0) is 24.4 Å². The molecule has 104 valence electrons. The summed E-state index contributed by atoms with van der Waals surface area (Å²) in [5, 5.41) is 7.12. The third-order valence-electron chi connectivity index (χ3n) is 3.22. The molecule has 1 saturated heterocycles. The largest absolute Gasteiger partial charge is 0.370 e. The van der Waals surface area contributed by atoms with E-state index in [1.807, 2.05) is 30.3 Å². The minimum atomic E-state index is 0.697. The fourth-order valence-electron chi connectivity index (χ4n) is 2.15. The number of rotatable bonds is 5. The van der Waals surface area contributed by atoms with Gasteiger partial charge in [0.25, 0.3) is 0 Å². The van der Waals surface area contributed by atoms with Crippen molar-refractivity contribution in [1.82, 2.24) is 5.32 Å². The molecule has 0 saturated carbocycles. The van der Waals surface area contributed by atoms with E-state index in [4.69, 9.17) is 17.0 Å². The van der Waals surface area contributed by atoms with E-state index in [1.165, 1.54) is 6.54 Å². The molecule has 5 heteroatoms. The van der Waals surface area contributed by atoms with Crippen LogP contribution in [0.5, 0.6) is 0 Å². The van der Waals surface area contributed by atoms with Gasteiger partial charge in [0.1, 0.15) is 13.1 Å². The van der Waals surface area contributed by atoms with Gasteiger partial charge in [0, 0.05) is 18.7 Å². The highest BCUT2D eigenvalue weighted by atomic mass is 32.1. The summed E-state index contributed by atoms with van der Waals surface area (Å²) in [6.07, 6.45) is 1.13. The first-order valence-electron chi connectivity index (χ1n) is 6.86. The lowest BCUT2D eigenvalue weighted by molar-refractivity contribution is -0.908. The standard InChI is InChI=1S/C14H21N3OS/c19-14(16-13-5-2-1-3-6-13)15-7-4-8-17-9-11-18-12-10-17/h1-3,5-6H,4,7-12H2,(H2,15,16,19)/p+1. The summed E-state index contributed by atoms with van der Waals surface area (Å²) in [5.41, 5.74) is 1.03. The van der Waals surface area contributed by atoms with Crippen LogP contribution in [0.4, 0.5) is 5.69 Å². The Labute approximate surface area is 120 Å². The molecule has 19 heavy (non-hydrogen) atoms. The first-order chi connectivity index (χ1) is 9.34. The van der Waals surface area contributed by atoms with Crippen LogP contribution in [0.2, 0.25) is 0 Å². The Hall–Kier alpha value is -1.17. The normalized spacial score (nSPS) is 16.0. The predicted octanol–water partition coefficient (Wildman–Crippen LogP) is 0.278. The van der Waals surface area contributed by atoms with Gasteiger partial charge in [-0.15, -0.1) is 0 Å². The second-order valence-corrected chi connectivity index (χ2v) is 5.12. The molecule has 0 aromatic heterocycles. The Morgan fingerprint density at radius 1 is 1.21 bits per heavy atom. The fraction of sp³-hybridized carbons (Fsp3) is 0.500. The van der Waals surface area contributed by atoms with E-state index in [2.05, 4.69) is 10.6 Å². The van der Waals surface area contributed by atoms with Crippen LogP contribution in [0.3, 0.4) is 0 Å². The average molecular weight is 280 g/mol. The molecule has 1 fully saturated rings. The van der Waals surface area contributed by atoms with Crippen LogP contribution in [-0.4, -0.2) is 44.5 Å².